The molecule has 1 aliphatic rings. The lowest BCUT2D eigenvalue weighted by Crippen LogP contribution is -2.23. The van der Waals surface area contributed by atoms with Crippen molar-refractivity contribution in [3.05, 3.63) is 59.7 Å². The molecule has 1 atom stereocenters. The number of amides is 1. The number of nitrogens with one attached hydrogen (secondary N) is 1. The summed E-state index contributed by atoms with van der Waals surface area (Å²) in [6.07, 6.45) is 1.63. The van der Waals surface area contributed by atoms with E-state index in [9.17, 15) is 4.79 Å². The Morgan fingerprint density at radius 2 is 1.83 bits per heavy atom. The van der Waals surface area contributed by atoms with Gasteiger partial charge in [-0.25, -0.2) is 0 Å². The number of carbonyl (C=O) groups excluding carboxylic acids is 1. The number of rotatable bonds is 6. The van der Waals surface area contributed by atoms with Gasteiger partial charge >= 0.3 is 0 Å². The summed E-state index contributed by atoms with van der Waals surface area (Å²) in [5.74, 6) is 1.10. The maximum atomic E-state index is 11.8. The maximum absolute atomic E-state index is 11.8. The average Bonchev–Trinajstić information content (AvgIpc) is 3.06. The van der Waals surface area contributed by atoms with Gasteiger partial charge in [-0.1, -0.05) is 24.3 Å². The van der Waals surface area contributed by atoms with Crippen molar-refractivity contribution >= 4 is 11.6 Å². The van der Waals surface area contributed by atoms with Gasteiger partial charge in [0.05, 0.1) is 7.11 Å². The van der Waals surface area contributed by atoms with E-state index in [-0.39, 0.29) is 11.9 Å². The van der Waals surface area contributed by atoms with Crippen molar-refractivity contribution in [2.45, 2.75) is 32.4 Å². The number of methoxy groups -OCH3 is 1. The van der Waals surface area contributed by atoms with Crippen molar-refractivity contribution in [3.8, 4) is 5.75 Å². The van der Waals surface area contributed by atoms with Gasteiger partial charge in [0.2, 0.25) is 5.91 Å². The Morgan fingerprint density at radius 1 is 1.12 bits per heavy atom. The predicted molar refractivity (Wildman–Crippen MR) is 96.3 cm³/mol. The van der Waals surface area contributed by atoms with E-state index in [4.69, 9.17) is 4.74 Å². The minimum absolute atomic E-state index is 0.230. The molecule has 0 bridgehead atoms. The van der Waals surface area contributed by atoms with E-state index in [2.05, 4.69) is 36.5 Å². The van der Waals surface area contributed by atoms with E-state index in [1.165, 1.54) is 11.1 Å². The van der Waals surface area contributed by atoms with E-state index in [1.807, 2.05) is 29.2 Å². The topological polar surface area (TPSA) is 41.6 Å². The van der Waals surface area contributed by atoms with Crippen LogP contribution in [0.2, 0.25) is 0 Å². The number of hydrogen-bond donors (Lipinski definition) is 1. The summed E-state index contributed by atoms with van der Waals surface area (Å²) in [4.78, 5) is 13.7. The van der Waals surface area contributed by atoms with E-state index in [0.717, 1.165) is 30.9 Å². The SMILES string of the molecule is COc1ccc(CN[C@H](C)c2ccc(N3CCCC3=O)cc2)cc1. The minimum atomic E-state index is 0.230. The van der Waals surface area contributed by atoms with Crippen LogP contribution in [0.3, 0.4) is 0 Å². The zero-order valence-corrected chi connectivity index (χ0v) is 14.3. The monoisotopic (exact) mass is 324 g/mol. The minimum Gasteiger partial charge on any atom is -0.497 e. The molecule has 4 heteroatoms. The normalized spacial score (nSPS) is 15.6. The standard InChI is InChI=1S/C20H24N2O2/c1-15(21-14-16-5-11-19(24-2)12-6-16)17-7-9-18(10-8-17)22-13-3-4-20(22)23/h5-12,15,21H,3-4,13-14H2,1-2H3/t15-/m1/s1. The molecule has 0 radical (unpaired) electrons. The molecule has 0 saturated carbocycles. The van der Waals surface area contributed by atoms with Crippen LogP contribution in [-0.2, 0) is 11.3 Å². The van der Waals surface area contributed by atoms with Crippen molar-refractivity contribution < 1.29 is 9.53 Å². The van der Waals surface area contributed by atoms with Crippen molar-refractivity contribution in [2.24, 2.45) is 0 Å². The molecule has 1 amide bonds. The van der Waals surface area contributed by atoms with Crippen LogP contribution in [0, 0.1) is 0 Å². The first kappa shape index (κ1) is 16.5. The molecule has 0 unspecified atom stereocenters. The van der Waals surface area contributed by atoms with Crippen LogP contribution < -0.4 is 15.0 Å². The highest BCUT2D eigenvalue weighted by molar-refractivity contribution is 5.95. The summed E-state index contributed by atoms with van der Waals surface area (Å²) in [6, 6.07) is 16.6. The first-order chi connectivity index (χ1) is 11.7. The summed E-state index contributed by atoms with van der Waals surface area (Å²) in [7, 11) is 1.68. The average molecular weight is 324 g/mol. The third-order valence-electron chi connectivity index (χ3n) is 4.55. The molecule has 0 spiro atoms. The molecule has 1 fully saturated rings. The Hall–Kier alpha value is -2.33. The number of carbonyl (C=O) groups is 1. The van der Waals surface area contributed by atoms with Gasteiger partial charge in [-0.05, 0) is 48.7 Å². The fraction of sp³-hybridized carbons (Fsp3) is 0.350. The van der Waals surface area contributed by atoms with Crippen molar-refractivity contribution in [1.29, 1.82) is 0 Å². The van der Waals surface area contributed by atoms with Crippen LogP contribution >= 0.6 is 0 Å². The summed E-state index contributed by atoms with van der Waals surface area (Å²) in [5.41, 5.74) is 3.45. The molecule has 24 heavy (non-hydrogen) atoms. The summed E-state index contributed by atoms with van der Waals surface area (Å²) in [6.45, 7) is 3.79. The fourth-order valence-corrected chi connectivity index (χ4v) is 3.00. The Bertz CT molecular complexity index is 680. The quantitative estimate of drug-likeness (QED) is 0.881. The molecular formula is C20H24N2O2. The molecule has 4 nitrogen and oxygen atoms in total. The summed E-state index contributed by atoms with van der Waals surface area (Å²) < 4.78 is 5.18. The molecule has 1 saturated heterocycles. The van der Waals surface area contributed by atoms with Crippen LogP contribution in [0.25, 0.3) is 0 Å². The third kappa shape index (κ3) is 3.77. The molecule has 2 aromatic carbocycles. The third-order valence-corrected chi connectivity index (χ3v) is 4.55. The largest absolute Gasteiger partial charge is 0.497 e. The lowest BCUT2D eigenvalue weighted by Gasteiger charge is -2.18. The number of hydrogen-bond acceptors (Lipinski definition) is 3. The van der Waals surface area contributed by atoms with Crippen molar-refractivity contribution in [1.82, 2.24) is 5.32 Å². The first-order valence-electron chi connectivity index (χ1n) is 8.44. The van der Waals surface area contributed by atoms with Crippen LogP contribution in [0.1, 0.15) is 36.9 Å². The second-order valence-corrected chi connectivity index (χ2v) is 6.19. The number of nitrogens with zero attached hydrogens (tertiary/aromatic N) is 1. The zero-order chi connectivity index (χ0) is 16.9. The summed E-state index contributed by atoms with van der Waals surface area (Å²) >= 11 is 0. The molecule has 1 heterocycles. The lowest BCUT2D eigenvalue weighted by molar-refractivity contribution is -0.117. The van der Waals surface area contributed by atoms with E-state index in [1.54, 1.807) is 7.11 Å². The van der Waals surface area contributed by atoms with E-state index in [0.29, 0.717) is 6.42 Å². The Kier molecular flexibility index (Phi) is 5.16. The molecule has 1 N–H and O–H groups in total. The second-order valence-electron chi connectivity index (χ2n) is 6.19. The highest BCUT2D eigenvalue weighted by Gasteiger charge is 2.21. The molecule has 2 aromatic rings. The number of ether oxygens (including phenoxy) is 1. The van der Waals surface area contributed by atoms with Gasteiger partial charge in [0.15, 0.2) is 0 Å². The molecular weight excluding hydrogens is 300 g/mol. The smallest absolute Gasteiger partial charge is 0.227 e. The van der Waals surface area contributed by atoms with Gasteiger partial charge in [0.25, 0.3) is 0 Å². The number of anilines is 1. The molecule has 1 aliphatic heterocycles. The Morgan fingerprint density at radius 3 is 2.42 bits per heavy atom. The molecule has 3 rings (SSSR count). The van der Waals surface area contributed by atoms with Crippen molar-refractivity contribution in [3.63, 3.8) is 0 Å². The zero-order valence-electron chi connectivity index (χ0n) is 14.3. The molecule has 0 aromatic heterocycles. The van der Waals surface area contributed by atoms with Gasteiger partial charge in [0.1, 0.15) is 5.75 Å². The van der Waals surface area contributed by atoms with Gasteiger partial charge in [-0.15, -0.1) is 0 Å². The maximum Gasteiger partial charge on any atom is 0.227 e. The van der Waals surface area contributed by atoms with Gasteiger partial charge in [-0.2, -0.15) is 0 Å². The van der Waals surface area contributed by atoms with Crippen LogP contribution in [-0.4, -0.2) is 19.6 Å². The Labute approximate surface area is 143 Å². The van der Waals surface area contributed by atoms with Crippen molar-refractivity contribution in [2.75, 3.05) is 18.6 Å². The first-order valence-corrected chi connectivity index (χ1v) is 8.44. The van der Waals surface area contributed by atoms with E-state index < -0.39 is 0 Å². The molecule has 0 aliphatic carbocycles. The Balaban J connectivity index is 1.58. The summed E-state index contributed by atoms with van der Waals surface area (Å²) in [5, 5.41) is 3.53. The predicted octanol–water partition coefficient (Wildman–Crippen LogP) is 3.67. The van der Waals surface area contributed by atoms with E-state index >= 15 is 0 Å². The lowest BCUT2D eigenvalue weighted by atomic mass is 10.1. The van der Waals surface area contributed by atoms with Gasteiger partial charge in [0, 0.05) is 31.2 Å². The molecule has 126 valence electrons. The second kappa shape index (κ2) is 7.49. The highest BCUT2D eigenvalue weighted by atomic mass is 16.5. The van der Waals surface area contributed by atoms with Crippen LogP contribution in [0.5, 0.6) is 5.75 Å². The van der Waals surface area contributed by atoms with Crippen LogP contribution in [0.15, 0.2) is 48.5 Å². The number of benzene rings is 2. The van der Waals surface area contributed by atoms with Gasteiger partial charge in [-0.3, -0.25) is 4.79 Å². The highest BCUT2D eigenvalue weighted by Crippen LogP contribution is 2.23. The van der Waals surface area contributed by atoms with Gasteiger partial charge < -0.3 is 15.0 Å². The fourth-order valence-electron chi connectivity index (χ4n) is 3.00. The van der Waals surface area contributed by atoms with Crippen LogP contribution in [0.4, 0.5) is 5.69 Å².